The molecule has 1 heterocycles. The van der Waals surface area contributed by atoms with E-state index in [1.54, 1.807) is 6.92 Å². The van der Waals surface area contributed by atoms with Crippen LogP contribution in [0.15, 0.2) is 16.9 Å². The summed E-state index contributed by atoms with van der Waals surface area (Å²) in [5.41, 5.74) is 6.23. The molecule has 60 valence electrons. The van der Waals surface area contributed by atoms with Gasteiger partial charge in [-0.3, -0.25) is 0 Å². The summed E-state index contributed by atoms with van der Waals surface area (Å²) in [6, 6.07) is 1.18. The van der Waals surface area contributed by atoms with Crippen LogP contribution in [0.1, 0.15) is 18.5 Å². The number of hydrogen-bond acceptors (Lipinski definition) is 2. The summed E-state index contributed by atoms with van der Waals surface area (Å²) in [6.45, 7) is 1.78. The lowest BCUT2D eigenvalue weighted by molar-refractivity contribution is 0.613. The third-order valence-electron chi connectivity index (χ3n) is 1.32. The highest BCUT2D eigenvalue weighted by Crippen LogP contribution is 2.19. The number of aromatic nitrogens is 1. The molecule has 0 aliphatic heterocycles. The highest BCUT2D eigenvalue weighted by atomic mass is 79.9. The zero-order valence-electron chi connectivity index (χ0n) is 6.01. The molecule has 0 aliphatic rings. The zero-order chi connectivity index (χ0) is 8.43. The SMILES string of the molecule is CC(N)c1cc(F)cnc1Br. The average Bonchev–Trinajstić information content (AvgIpc) is 1.94. The minimum Gasteiger partial charge on any atom is -0.324 e. The Morgan fingerprint density at radius 3 is 2.82 bits per heavy atom. The lowest BCUT2D eigenvalue weighted by Crippen LogP contribution is -2.06. The van der Waals surface area contributed by atoms with Crippen molar-refractivity contribution in [3.8, 4) is 0 Å². The Hall–Kier alpha value is -0.480. The monoisotopic (exact) mass is 218 g/mol. The van der Waals surface area contributed by atoms with Gasteiger partial charge in [0.2, 0.25) is 0 Å². The molecule has 2 N–H and O–H groups in total. The summed E-state index contributed by atoms with van der Waals surface area (Å²) >= 11 is 3.17. The average molecular weight is 219 g/mol. The van der Waals surface area contributed by atoms with Gasteiger partial charge in [-0.25, -0.2) is 9.37 Å². The van der Waals surface area contributed by atoms with Crippen LogP contribution < -0.4 is 5.73 Å². The maximum Gasteiger partial charge on any atom is 0.141 e. The highest BCUT2D eigenvalue weighted by Gasteiger charge is 2.06. The Labute approximate surface area is 72.8 Å². The number of nitrogens with zero attached hydrogens (tertiary/aromatic N) is 1. The first-order valence-corrected chi connectivity index (χ1v) is 3.97. The van der Waals surface area contributed by atoms with E-state index in [4.69, 9.17) is 5.73 Å². The minimum atomic E-state index is -0.361. The summed E-state index contributed by atoms with van der Waals surface area (Å²) in [7, 11) is 0. The van der Waals surface area contributed by atoms with E-state index in [1.807, 2.05) is 0 Å². The van der Waals surface area contributed by atoms with Crippen LogP contribution in [0.4, 0.5) is 4.39 Å². The van der Waals surface area contributed by atoms with Gasteiger partial charge in [0, 0.05) is 11.6 Å². The first kappa shape index (κ1) is 8.62. The molecule has 0 aliphatic carbocycles. The predicted octanol–water partition coefficient (Wildman–Crippen LogP) is 2.00. The number of nitrogens with two attached hydrogens (primary N) is 1. The smallest absolute Gasteiger partial charge is 0.141 e. The molecule has 1 atom stereocenters. The first-order chi connectivity index (χ1) is 5.11. The third-order valence-corrected chi connectivity index (χ3v) is 1.99. The number of pyridine rings is 1. The fourth-order valence-electron chi connectivity index (χ4n) is 0.758. The Balaban J connectivity index is 3.13. The van der Waals surface area contributed by atoms with Gasteiger partial charge in [0.25, 0.3) is 0 Å². The minimum absolute atomic E-state index is 0.201. The van der Waals surface area contributed by atoms with Crippen LogP contribution in [0.3, 0.4) is 0 Å². The van der Waals surface area contributed by atoms with Gasteiger partial charge in [0.05, 0.1) is 6.20 Å². The molecule has 4 heteroatoms. The predicted molar refractivity (Wildman–Crippen MR) is 44.5 cm³/mol. The second kappa shape index (κ2) is 3.28. The molecule has 0 bridgehead atoms. The van der Waals surface area contributed by atoms with Crippen molar-refractivity contribution >= 4 is 15.9 Å². The third kappa shape index (κ3) is 1.97. The topological polar surface area (TPSA) is 38.9 Å². The van der Waals surface area contributed by atoms with Crippen molar-refractivity contribution in [1.29, 1.82) is 0 Å². The molecule has 2 nitrogen and oxygen atoms in total. The summed E-state index contributed by atoms with van der Waals surface area (Å²) in [5.74, 6) is -0.361. The second-order valence-corrected chi connectivity index (χ2v) is 3.07. The lowest BCUT2D eigenvalue weighted by atomic mass is 10.2. The van der Waals surface area contributed by atoms with Crippen molar-refractivity contribution < 1.29 is 4.39 Å². The Morgan fingerprint density at radius 2 is 2.36 bits per heavy atom. The highest BCUT2D eigenvalue weighted by molar-refractivity contribution is 9.10. The molecule has 0 radical (unpaired) electrons. The largest absolute Gasteiger partial charge is 0.324 e. The van der Waals surface area contributed by atoms with E-state index < -0.39 is 0 Å². The van der Waals surface area contributed by atoms with Crippen LogP contribution in [0.2, 0.25) is 0 Å². The Kier molecular flexibility index (Phi) is 2.57. The number of rotatable bonds is 1. The summed E-state index contributed by atoms with van der Waals surface area (Å²) in [6.07, 6.45) is 1.15. The maximum absolute atomic E-state index is 12.6. The van der Waals surface area contributed by atoms with Gasteiger partial charge in [-0.05, 0) is 28.9 Å². The lowest BCUT2D eigenvalue weighted by Gasteiger charge is -2.06. The van der Waals surface area contributed by atoms with Crippen LogP contribution >= 0.6 is 15.9 Å². The molecule has 11 heavy (non-hydrogen) atoms. The standard InChI is InChI=1S/C7H8BrFN2/c1-4(10)6-2-5(9)3-11-7(6)8/h2-4H,10H2,1H3. The van der Waals surface area contributed by atoms with E-state index >= 15 is 0 Å². The van der Waals surface area contributed by atoms with Crippen LogP contribution in [0, 0.1) is 5.82 Å². The molecular weight excluding hydrogens is 211 g/mol. The van der Waals surface area contributed by atoms with Crippen molar-refractivity contribution in [2.75, 3.05) is 0 Å². The summed E-state index contributed by atoms with van der Waals surface area (Å²) in [4.78, 5) is 3.76. The Morgan fingerprint density at radius 1 is 1.73 bits per heavy atom. The van der Waals surface area contributed by atoms with Crippen molar-refractivity contribution in [2.45, 2.75) is 13.0 Å². The van der Waals surface area contributed by atoms with E-state index in [9.17, 15) is 4.39 Å². The first-order valence-electron chi connectivity index (χ1n) is 3.18. The van der Waals surface area contributed by atoms with E-state index in [0.29, 0.717) is 10.2 Å². The van der Waals surface area contributed by atoms with Crippen molar-refractivity contribution in [3.63, 3.8) is 0 Å². The maximum atomic E-state index is 12.6. The van der Waals surface area contributed by atoms with Gasteiger partial charge < -0.3 is 5.73 Å². The van der Waals surface area contributed by atoms with Gasteiger partial charge in [-0.2, -0.15) is 0 Å². The van der Waals surface area contributed by atoms with Gasteiger partial charge in [0.15, 0.2) is 0 Å². The quantitative estimate of drug-likeness (QED) is 0.733. The fraction of sp³-hybridized carbons (Fsp3) is 0.286. The van der Waals surface area contributed by atoms with E-state index in [-0.39, 0.29) is 11.9 Å². The van der Waals surface area contributed by atoms with Crippen LogP contribution in [0.5, 0.6) is 0 Å². The summed E-state index contributed by atoms with van der Waals surface area (Å²) < 4.78 is 13.2. The van der Waals surface area contributed by atoms with Crippen molar-refractivity contribution in [3.05, 3.63) is 28.2 Å². The zero-order valence-corrected chi connectivity index (χ0v) is 7.60. The van der Waals surface area contributed by atoms with Crippen LogP contribution in [-0.2, 0) is 0 Å². The molecule has 0 amide bonds. The normalized spacial score (nSPS) is 13.1. The van der Waals surface area contributed by atoms with E-state index in [0.717, 1.165) is 6.20 Å². The van der Waals surface area contributed by atoms with Crippen LogP contribution in [0.25, 0.3) is 0 Å². The fourth-order valence-corrected chi connectivity index (χ4v) is 1.34. The number of hydrogen-bond donors (Lipinski definition) is 1. The molecule has 0 saturated heterocycles. The van der Waals surface area contributed by atoms with Crippen LogP contribution in [-0.4, -0.2) is 4.98 Å². The second-order valence-electron chi connectivity index (χ2n) is 2.32. The molecule has 0 aromatic carbocycles. The van der Waals surface area contributed by atoms with Gasteiger partial charge in [-0.1, -0.05) is 0 Å². The Bertz CT molecular complexity index is 263. The molecule has 1 rings (SSSR count). The van der Waals surface area contributed by atoms with Gasteiger partial charge in [0.1, 0.15) is 10.4 Å². The van der Waals surface area contributed by atoms with Crippen molar-refractivity contribution in [1.82, 2.24) is 4.98 Å². The molecule has 0 spiro atoms. The molecule has 0 saturated carbocycles. The molecule has 1 aromatic heterocycles. The van der Waals surface area contributed by atoms with E-state index in [1.165, 1.54) is 6.07 Å². The van der Waals surface area contributed by atoms with Gasteiger partial charge >= 0.3 is 0 Å². The molecular formula is C7H8BrFN2. The van der Waals surface area contributed by atoms with Gasteiger partial charge in [-0.15, -0.1) is 0 Å². The van der Waals surface area contributed by atoms with Crippen molar-refractivity contribution in [2.24, 2.45) is 5.73 Å². The molecule has 1 unspecified atom stereocenters. The van der Waals surface area contributed by atoms with E-state index in [2.05, 4.69) is 20.9 Å². The summed E-state index contributed by atoms with van der Waals surface area (Å²) in [5, 5.41) is 0. The number of halogens is 2. The molecule has 0 fully saturated rings. The molecule has 1 aromatic rings.